The second-order valence-electron chi connectivity index (χ2n) is 3.19. The largest absolute Gasteiger partial charge is 0.469 e. The SMILES string of the molecule is COC(=O)Cc1cc(N)c([N+](=O)[O-])cc1C#N. The number of nitro benzene ring substituents is 1. The number of benzene rings is 1. The lowest BCUT2D eigenvalue weighted by molar-refractivity contribution is -0.383. The fourth-order valence-corrected chi connectivity index (χ4v) is 1.29. The number of ether oxygens (including phenoxy) is 1. The van der Waals surface area contributed by atoms with Crippen LogP contribution < -0.4 is 5.73 Å². The predicted octanol–water partition coefficient (Wildman–Crippen LogP) is 0.764. The second kappa shape index (κ2) is 4.94. The summed E-state index contributed by atoms with van der Waals surface area (Å²) in [6.45, 7) is 0. The molecular weight excluding hydrogens is 226 g/mol. The number of methoxy groups -OCH3 is 1. The molecule has 0 aromatic heterocycles. The number of hydrogen-bond donors (Lipinski definition) is 1. The smallest absolute Gasteiger partial charge is 0.310 e. The first-order valence-electron chi connectivity index (χ1n) is 4.53. The van der Waals surface area contributed by atoms with Gasteiger partial charge in [0.1, 0.15) is 5.69 Å². The summed E-state index contributed by atoms with van der Waals surface area (Å²) in [5, 5.41) is 19.4. The van der Waals surface area contributed by atoms with Gasteiger partial charge in [0.15, 0.2) is 0 Å². The van der Waals surface area contributed by atoms with Gasteiger partial charge < -0.3 is 10.5 Å². The van der Waals surface area contributed by atoms with Crippen LogP contribution in [0.2, 0.25) is 0 Å². The van der Waals surface area contributed by atoms with Crippen LogP contribution in [0.5, 0.6) is 0 Å². The first-order valence-corrected chi connectivity index (χ1v) is 4.53. The van der Waals surface area contributed by atoms with Gasteiger partial charge in [0.25, 0.3) is 5.69 Å². The zero-order valence-electron chi connectivity index (χ0n) is 8.97. The Hall–Kier alpha value is -2.62. The lowest BCUT2D eigenvalue weighted by atomic mass is 10.0. The summed E-state index contributed by atoms with van der Waals surface area (Å²) in [6, 6.07) is 4.07. The van der Waals surface area contributed by atoms with E-state index in [1.165, 1.54) is 13.2 Å². The van der Waals surface area contributed by atoms with Crippen molar-refractivity contribution in [1.29, 1.82) is 5.26 Å². The molecule has 0 unspecified atom stereocenters. The molecule has 0 atom stereocenters. The van der Waals surface area contributed by atoms with E-state index in [2.05, 4.69) is 4.74 Å². The second-order valence-corrected chi connectivity index (χ2v) is 3.19. The molecule has 0 bridgehead atoms. The van der Waals surface area contributed by atoms with Crippen molar-refractivity contribution >= 4 is 17.3 Å². The van der Waals surface area contributed by atoms with Crippen molar-refractivity contribution in [2.75, 3.05) is 12.8 Å². The van der Waals surface area contributed by atoms with Gasteiger partial charge >= 0.3 is 5.97 Å². The molecule has 7 heteroatoms. The van der Waals surface area contributed by atoms with E-state index in [0.29, 0.717) is 5.56 Å². The topological polar surface area (TPSA) is 119 Å². The molecule has 1 aromatic rings. The van der Waals surface area contributed by atoms with Crippen LogP contribution in [0, 0.1) is 21.4 Å². The van der Waals surface area contributed by atoms with Crippen LogP contribution in [-0.2, 0) is 16.0 Å². The highest BCUT2D eigenvalue weighted by atomic mass is 16.6. The molecular formula is C10H9N3O4. The number of nitrogens with zero attached hydrogens (tertiary/aromatic N) is 2. The van der Waals surface area contributed by atoms with Crippen LogP contribution in [0.1, 0.15) is 11.1 Å². The molecule has 7 nitrogen and oxygen atoms in total. The Labute approximate surface area is 96.6 Å². The number of esters is 1. The number of hydrogen-bond acceptors (Lipinski definition) is 6. The number of carbonyl (C=O) groups is 1. The summed E-state index contributed by atoms with van der Waals surface area (Å²) < 4.78 is 4.45. The summed E-state index contributed by atoms with van der Waals surface area (Å²) in [7, 11) is 1.21. The Balaban J connectivity index is 3.25. The molecule has 0 saturated carbocycles. The van der Waals surface area contributed by atoms with E-state index in [0.717, 1.165) is 6.07 Å². The average molecular weight is 235 g/mol. The quantitative estimate of drug-likeness (QED) is 0.357. The molecule has 88 valence electrons. The van der Waals surface area contributed by atoms with Gasteiger partial charge in [0.2, 0.25) is 0 Å². The molecule has 0 aliphatic carbocycles. The molecule has 1 aromatic carbocycles. The van der Waals surface area contributed by atoms with Gasteiger partial charge in [-0.1, -0.05) is 0 Å². The molecule has 0 aliphatic heterocycles. The van der Waals surface area contributed by atoms with E-state index in [-0.39, 0.29) is 23.4 Å². The van der Waals surface area contributed by atoms with Gasteiger partial charge in [-0.15, -0.1) is 0 Å². The van der Waals surface area contributed by atoms with Crippen LogP contribution in [0.15, 0.2) is 12.1 Å². The minimum absolute atomic E-state index is 0.0382. The number of nitro groups is 1. The Morgan fingerprint density at radius 1 is 1.65 bits per heavy atom. The van der Waals surface area contributed by atoms with Crippen molar-refractivity contribution in [2.45, 2.75) is 6.42 Å². The van der Waals surface area contributed by atoms with Gasteiger partial charge in [-0.05, 0) is 11.6 Å². The van der Waals surface area contributed by atoms with Crippen LogP contribution in [0.25, 0.3) is 0 Å². The summed E-state index contributed by atoms with van der Waals surface area (Å²) in [5.74, 6) is -0.547. The van der Waals surface area contributed by atoms with E-state index in [1.54, 1.807) is 6.07 Å². The van der Waals surface area contributed by atoms with E-state index < -0.39 is 10.9 Å². The standard InChI is InChI=1S/C10H9N3O4/c1-17-10(14)4-6-2-8(12)9(13(15)16)3-7(6)5-11/h2-3H,4,12H2,1H3. The number of nitrogen functional groups attached to an aromatic ring is 1. The molecule has 0 heterocycles. The Bertz CT molecular complexity index is 519. The van der Waals surface area contributed by atoms with Crippen molar-refractivity contribution in [1.82, 2.24) is 0 Å². The maximum Gasteiger partial charge on any atom is 0.310 e. The van der Waals surface area contributed by atoms with Gasteiger partial charge in [-0.2, -0.15) is 5.26 Å². The van der Waals surface area contributed by atoms with E-state index in [4.69, 9.17) is 11.0 Å². The average Bonchev–Trinajstić information content (AvgIpc) is 2.28. The molecule has 1 rings (SSSR count). The summed E-state index contributed by atoms with van der Waals surface area (Å²) in [4.78, 5) is 21.0. The third-order valence-corrected chi connectivity index (χ3v) is 2.13. The van der Waals surface area contributed by atoms with E-state index in [9.17, 15) is 14.9 Å². The zero-order valence-corrected chi connectivity index (χ0v) is 8.97. The van der Waals surface area contributed by atoms with Crippen LogP contribution >= 0.6 is 0 Å². The number of rotatable bonds is 3. The monoisotopic (exact) mass is 235 g/mol. The minimum Gasteiger partial charge on any atom is -0.469 e. The fraction of sp³-hybridized carbons (Fsp3) is 0.200. The Morgan fingerprint density at radius 3 is 2.76 bits per heavy atom. The molecule has 17 heavy (non-hydrogen) atoms. The first-order chi connectivity index (χ1) is 7.99. The molecule has 0 saturated heterocycles. The van der Waals surface area contributed by atoms with Crippen LogP contribution in [0.3, 0.4) is 0 Å². The van der Waals surface area contributed by atoms with Gasteiger partial charge in [-0.25, -0.2) is 0 Å². The van der Waals surface area contributed by atoms with Crippen molar-refractivity contribution in [3.05, 3.63) is 33.4 Å². The molecule has 0 spiro atoms. The Kier molecular flexibility index (Phi) is 3.62. The number of carbonyl (C=O) groups excluding carboxylic acids is 1. The molecule has 0 aliphatic rings. The van der Waals surface area contributed by atoms with Gasteiger partial charge in [-0.3, -0.25) is 14.9 Å². The fourth-order valence-electron chi connectivity index (χ4n) is 1.29. The summed E-state index contributed by atoms with van der Waals surface area (Å²) in [5.41, 5.74) is 5.36. The highest BCUT2D eigenvalue weighted by Crippen LogP contribution is 2.25. The van der Waals surface area contributed by atoms with Gasteiger partial charge in [0, 0.05) is 6.07 Å². The highest BCUT2D eigenvalue weighted by Gasteiger charge is 2.17. The van der Waals surface area contributed by atoms with E-state index >= 15 is 0 Å². The highest BCUT2D eigenvalue weighted by molar-refractivity contribution is 5.75. The van der Waals surface area contributed by atoms with Crippen LogP contribution in [-0.4, -0.2) is 18.0 Å². The lowest BCUT2D eigenvalue weighted by Crippen LogP contribution is -2.07. The third-order valence-electron chi connectivity index (χ3n) is 2.13. The summed E-state index contributed by atoms with van der Waals surface area (Å²) >= 11 is 0. The van der Waals surface area contributed by atoms with Crippen LogP contribution in [0.4, 0.5) is 11.4 Å². The molecule has 2 N–H and O–H groups in total. The maximum absolute atomic E-state index is 11.1. The van der Waals surface area contributed by atoms with E-state index in [1.807, 2.05) is 0 Å². The first kappa shape index (κ1) is 12.4. The summed E-state index contributed by atoms with van der Waals surface area (Å²) in [6.07, 6.45) is -0.151. The van der Waals surface area contributed by atoms with Crippen molar-refractivity contribution in [3.63, 3.8) is 0 Å². The van der Waals surface area contributed by atoms with Crippen molar-refractivity contribution in [2.24, 2.45) is 0 Å². The zero-order chi connectivity index (χ0) is 13.0. The predicted molar refractivity (Wildman–Crippen MR) is 57.9 cm³/mol. The number of nitrogens with two attached hydrogens (primary N) is 1. The lowest BCUT2D eigenvalue weighted by Gasteiger charge is -2.04. The van der Waals surface area contributed by atoms with Gasteiger partial charge in [0.05, 0.1) is 30.1 Å². The maximum atomic E-state index is 11.1. The number of nitriles is 1. The third kappa shape index (κ3) is 2.69. The molecule has 0 fully saturated rings. The number of anilines is 1. The minimum atomic E-state index is -0.682. The van der Waals surface area contributed by atoms with Crippen molar-refractivity contribution < 1.29 is 14.5 Å². The Morgan fingerprint density at radius 2 is 2.29 bits per heavy atom. The molecule has 0 amide bonds. The molecule has 0 radical (unpaired) electrons. The van der Waals surface area contributed by atoms with Crippen molar-refractivity contribution in [3.8, 4) is 6.07 Å². The normalized spacial score (nSPS) is 9.41.